The highest BCUT2D eigenvalue weighted by molar-refractivity contribution is 7.92. The van der Waals surface area contributed by atoms with Crippen molar-refractivity contribution in [2.45, 2.75) is 31.3 Å². The molecule has 0 bridgehead atoms. The number of rotatable bonds is 7. The molecule has 1 aromatic heterocycles. The number of carbonyl (C=O) groups excluding carboxylic acids is 2. The fraction of sp³-hybridized carbons (Fsp3) is 0.261. The topological polar surface area (TPSA) is 128 Å². The maximum atomic E-state index is 13.4. The lowest BCUT2D eigenvalue weighted by Gasteiger charge is -2.20. The SMILES string of the molecule is COc1ccc(S(=O)(=O)N2CCc3ccccc32)cc1C(=O)OC(C)C(=O)Nc1cc(C)on1. The molecule has 4 rings (SSSR count). The van der Waals surface area contributed by atoms with Crippen molar-refractivity contribution >= 4 is 33.4 Å². The zero-order chi connectivity index (χ0) is 24.5. The summed E-state index contributed by atoms with van der Waals surface area (Å²) in [5.74, 6) is -0.733. The molecule has 0 spiro atoms. The molecular formula is C23H23N3O7S. The molecule has 2 aromatic carbocycles. The highest BCUT2D eigenvalue weighted by Gasteiger charge is 2.32. The summed E-state index contributed by atoms with van der Waals surface area (Å²) in [7, 11) is -2.60. The number of fused-ring (bicyclic) bond motifs is 1. The van der Waals surface area contributed by atoms with E-state index in [9.17, 15) is 18.0 Å². The van der Waals surface area contributed by atoms with Crippen molar-refractivity contribution < 1.29 is 32.0 Å². The van der Waals surface area contributed by atoms with E-state index in [-0.39, 0.29) is 22.0 Å². The van der Waals surface area contributed by atoms with E-state index in [4.69, 9.17) is 14.0 Å². The first kappa shape index (κ1) is 23.3. The summed E-state index contributed by atoms with van der Waals surface area (Å²) in [6.07, 6.45) is -0.599. The van der Waals surface area contributed by atoms with Gasteiger partial charge in [0.1, 0.15) is 17.1 Å². The quantitative estimate of drug-likeness (QED) is 0.506. The molecule has 0 radical (unpaired) electrons. The number of amides is 1. The van der Waals surface area contributed by atoms with Crippen LogP contribution in [0.25, 0.3) is 0 Å². The average Bonchev–Trinajstić information content (AvgIpc) is 3.44. The van der Waals surface area contributed by atoms with Crippen LogP contribution in [0, 0.1) is 6.92 Å². The number of nitrogens with zero attached hydrogens (tertiary/aromatic N) is 2. The van der Waals surface area contributed by atoms with Gasteiger partial charge >= 0.3 is 5.97 Å². The summed E-state index contributed by atoms with van der Waals surface area (Å²) < 4.78 is 43.4. The number of anilines is 2. The fourth-order valence-corrected chi connectivity index (χ4v) is 5.15. The lowest BCUT2D eigenvalue weighted by Crippen LogP contribution is -2.31. The number of carbonyl (C=O) groups is 2. The minimum atomic E-state index is -3.94. The van der Waals surface area contributed by atoms with E-state index < -0.39 is 28.0 Å². The molecule has 2 heterocycles. The lowest BCUT2D eigenvalue weighted by atomic mass is 10.2. The number of benzene rings is 2. The van der Waals surface area contributed by atoms with Gasteiger partial charge in [-0.25, -0.2) is 13.2 Å². The molecule has 0 saturated carbocycles. The lowest BCUT2D eigenvalue weighted by molar-refractivity contribution is -0.123. The molecule has 1 aliphatic heterocycles. The molecule has 1 N–H and O–H groups in total. The predicted octanol–water partition coefficient (Wildman–Crippen LogP) is 2.93. The Morgan fingerprint density at radius 1 is 1.18 bits per heavy atom. The molecule has 1 amide bonds. The Hall–Kier alpha value is -3.86. The average molecular weight is 486 g/mol. The van der Waals surface area contributed by atoms with Crippen LogP contribution in [0.1, 0.15) is 28.6 Å². The number of nitrogens with one attached hydrogen (secondary N) is 1. The number of hydrogen-bond acceptors (Lipinski definition) is 8. The standard InChI is InChI=1S/C23H23N3O7S/c1-14-12-21(25-33-14)24-22(27)15(2)32-23(28)18-13-17(8-9-20(18)31-3)34(29,30)26-11-10-16-6-4-5-7-19(16)26/h4-9,12-13,15H,10-11H2,1-3H3,(H,24,25,27). The van der Waals surface area contributed by atoms with Gasteiger partial charge in [-0.2, -0.15) is 0 Å². The van der Waals surface area contributed by atoms with E-state index in [1.807, 2.05) is 12.1 Å². The zero-order valence-electron chi connectivity index (χ0n) is 18.8. The van der Waals surface area contributed by atoms with E-state index in [0.717, 1.165) is 5.56 Å². The van der Waals surface area contributed by atoms with Gasteiger partial charge in [0.15, 0.2) is 11.9 Å². The second-order valence-corrected chi connectivity index (χ2v) is 9.54. The van der Waals surface area contributed by atoms with Crippen LogP contribution in [0.4, 0.5) is 11.5 Å². The van der Waals surface area contributed by atoms with Gasteiger partial charge in [0.05, 0.1) is 17.7 Å². The van der Waals surface area contributed by atoms with E-state index in [1.165, 1.54) is 42.6 Å². The van der Waals surface area contributed by atoms with Gasteiger partial charge in [-0.15, -0.1) is 0 Å². The first-order valence-electron chi connectivity index (χ1n) is 10.4. The second kappa shape index (κ2) is 9.18. The third-order valence-corrected chi connectivity index (χ3v) is 7.16. The van der Waals surface area contributed by atoms with Crippen LogP contribution in [0.15, 0.2) is 57.9 Å². The number of aryl methyl sites for hydroxylation is 1. The van der Waals surface area contributed by atoms with Crippen molar-refractivity contribution in [3.8, 4) is 5.75 Å². The molecule has 34 heavy (non-hydrogen) atoms. The number of methoxy groups -OCH3 is 1. The minimum Gasteiger partial charge on any atom is -0.496 e. The number of esters is 1. The summed E-state index contributed by atoms with van der Waals surface area (Å²) in [5, 5.41) is 6.13. The van der Waals surface area contributed by atoms with E-state index >= 15 is 0 Å². The summed E-state index contributed by atoms with van der Waals surface area (Å²) in [6, 6.07) is 12.7. The van der Waals surface area contributed by atoms with Crippen molar-refractivity contribution in [3.05, 3.63) is 65.4 Å². The van der Waals surface area contributed by atoms with Crippen LogP contribution in [0.2, 0.25) is 0 Å². The monoisotopic (exact) mass is 485 g/mol. The molecule has 11 heteroatoms. The van der Waals surface area contributed by atoms with Gasteiger partial charge < -0.3 is 19.3 Å². The molecule has 1 atom stereocenters. The molecule has 178 valence electrons. The zero-order valence-corrected chi connectivity index (χ0v) is 19.6. The van der Waals surface area contributed by atoms with Crippen LogP contribution in [-0.2, 0) is 26.0 Å². The van der Waals surface area contributed by atoms with Crippen LogP contribution in [0.5, 0.6) is 5.75 Å². The maximum Gasteiger partial charge on any atom is 0.342 e. The Morgan fingerprint density at radius 3 is 2.65 bits per heavy atom. The summed E-state index contributed by atoms with van der Waals surface area (Å²) in [6.45, 7) is 3.35. The van der Waals surface area contributed by atoms with Crippen molar-refractivity contribution in [2.75, 3.05) is 23.3 Å². The molecule has 1 aliphatic rings. The smallest absolute Gasteiger partial charge is 0.342 e. The first-order valence-corrected chi connectivity index (χ1v) is 11.9. The van der Waals surface area contributed by atoms with E-state index in [1.54, 1.807) is 19.1 Å². The largest absolute Gasteiger partial charge is 0.496 e. The number of aromatic nitrogens is 1. The highest BCUT2D eigenvalue weighted by atomic mass is 32.2. The molecule has 1 unspecified atom stereocenters. The van der Waals surface area contributed by atoms with Crippen molar-refractivity contribution in [2.24, 2.45) is 0 Å². The van der Waals surface area contributed by atoms with Crippen LogP contribution in [-0.4, -0.2) is 45.2 Å². The highest BCUT2D eigenvalue weighted by Crippen LogP contribution is 2.34. The van der Waals surface area contributed by atoms with E-state index in [2.05, 4.69) is 10.5 Å². The van der Waals surface area contributed by atoms with Crippen molar-refractivity contribution in [1.82, 2.24) is 5.16 Å². The second-order valence-electron chi connectivity index (χ2n) is 7.68. The Labute approximate surface area is 196 Å². The Morgan fingerprint density at radius 2 is 1.94 bits per heavy atom. The first-order chi connectivity index (χ1) is 16.2. The fourth-order valence-electron chi connectivity index (χ4n) is 3.62. The van der Waals surface area contributed by atoms with Gasteiger partial charge in [-0.3, -0.25) is 9.10 Å². The summed E-state index contributed by atoms with van der Waals surface area (Å²) >= 11 is 0. The Balaban J connectivity index is 1.56. The van der Waals surface area contributed by atoms with Gasteiger partial charge in [0.2, 0.25) is 0 Å². The molecule has 10 nitrogen and oxygen atoms in total. The molecule has 3 aromatic rings. The maximum absolute atomic E-state index is 13.4. The Kier molecular flexibility index (Phi) is 6.29. The number of hydrogen-bond donors (Lipinski definition) is 1. The summed E-state index contributed by atoms with van der Waals surface area (Å²) in [4.78, 5) is 25.1. The normalized spacial score (nSPS) is 13.8. The van der Waals surface area contributed by atoms with E-state index in [0.29, 0.717) is 24.4 Å². The van der Waals surface area contributed by atoms with Gasteiger partial charge in [-0.1, -0.05) is 23.4 Å². The predicted molar refractivity (Wildman–Crippen MR) is 122 cm³/mol. The molecule has 0 fully saturated rings. The van der Waals surface area contributed by atoms with Crippen LogP contribution in [0.3, 0.4) is 0 Å². The van der Waals surface area contributed by atoms with Gasteiger partial charge in [0.25, 0.3) is 15.9 Å². The summed E-state index contributed by atoms with van der Waals surface area (Å²) in [5.41, 5.74) is 1.42. The van der Waals surface area contributed by atoms with Gasteiger partial charge in [-0.05, 0) is 50.1 Å². The number of para-hydroxylation sites is 1. The van der Waals surface area contributed by atoms with Crippen molar-refractivity contribution in [3.63, 3.8) is 0 Å². The van der Waals surface area contributed by atoms with Crippen LogP contribution < -0.4 is 14.4 Å². The van der Waals surface area contributed by atoms with Crippen molar-refractivity contribution in [1.29, 1.82) is 0 Å². The van der Waals surface area contributed by atoms with Gasteiger partial charge in [0, 0.05) is 12.6 Å². The number of ether oxygens (including phenoxy) is 2. The third kappa shape index (κ3) is 4.46. The molecular weight excluding hydrogens is 462 g/mol. The Bertz CT molecular complexity index is 1350. The minimum absolute atomic E-state index is 0.0906. The number of sulfonamides is 1. The third-order valence-electron chi connectivity index (χ3n) is 5.36. The van der Waals surface area contributed by atoms with Crippen LogP contribution >= 0.6 is 0 Å². The molecule has 0 aliphatic carbocycles. The molecule has 0 saturated heterocycles.